The standard InChI is InChI=1S/C30H27ClN4O3S/c1-30(2,3)20-11-13-21(14-12-20)37-15-16-38-22-8-6-7-19(17-22)18-24-26(32)35-29(33-27(24)36)39-28(34-35)23-9-4-5-10-25(23)31/h4-14,17-18,32H,15-16H2,1-3H3/b24-18-,32-26?. The van der Waals surface area contributed by atoms with Crippen molar-refractivity contribution in [2.45, 2.75) is 26.2 Å². The van der Waals surface area contributed by atoms with Crippen LogP contribution in [0.1, 0.15) is 37.5 Å². The normalized spacial score (nSPS) is 16.2. The fourth-order valence-electron chi connectivity index (χ4n) is 3.97. The molecule has 0 bridgehead atoms. The minimum Gasteiger partial charge on any atom is -0.490 e. The molecule has 198 valence electrons. The van der Waals surface area contributed by atoms with Crippen molar-refractivity contribution in [3.8, 4) is 11.5 Å². The molecule has 0 unspecified atom stereocenters. The van der Waals surface area contributed by atoms with Crippen LogP contribution in [0.25, 0.3) is 6.08 Å². The number of amidine groups is 2. The molecule has 0 saturated carbocycles. The number of fused-ring (bicyclic) bond motifs is 1. The summed E-state index contributed by atoms with van der Waals surface area (Å²) < 4.78 is 11.7. The molecule has 2 heterocycles. The summed E-state index contributed by atoms with van der Waals surface area (Å²) in [5.74, 6) is 0.883. The van der Waals surface area contributed by atoms with E-state index in [0.29, 0.717) is 39.8 Å². The van der Waals surface area contributed by atoms with Crippen LogP contribution in [0, 0.1) is 5.41 Å². The first kappa shape index (κ1) is 26.7. The molecule has 1 N–H and O–H groups in total. The Hall–Kier alpha value is -3.88. The number of carbonyl (C=O) groups excluding carboxylic acids is 1. The molecule has 2 aliphatic rings. The van der Waals surface area contributed by atoms with Crippen LogP contribution in [0.3, 0.4) is 0 Å². The minimum absolute atomic E-state index is 0.0447. The smallest absolute Gasteiger partial charge is 0.283 e. The average Bonchev–Trinajstić information content (AvgIpc) is 3.33. The molecule has 0 atom stereocenters. The second-order valence-electron chi connectivity index (χ2n) is 9.95. The molecule has 39 heavy (non-hydrogen) atoms. The van der Waals surface area contributed by atoms with Crippen molar-refractivity contribution in [3.63, 3.8) is 0 Å². The fraction of sp³-hybridized carbons (Fsp3) is 0.200. The van der Waals surface area contributed by atoms with Gasteiger partial charge in [0.25, 0.3) is 5.91 Å². The summed E-state index contributed by atoms with van der Waals surface area (Å²) in [4.78, 5) is 17.0. The summed E-state index contributed by atoms with van der Waals surface area (Å²) in [6.45, 7) is 7.27. The Morgan fingerprint density at radius 3 is 2.41 bits per heavy atom. The lowest BCUT2D eigenvalue weighted by atomic mass is 9.87. The van der Waals surface area contributed by atoms with E-state index in [0.717, 1.165) is 11.3 Å². The average molecular weight is 559 g/mol. The molecule has 3 aromatic carbocycles. The number of thioether (sulfide) groups is 1. The van der Waals surface area contributed by atoms with Gasteiger partial charge in [-0.2, -0.15) is 15.1 Å². The van der Waals surface area contributed by atoms with Gasteiger partial charge in [-0.1, -0.05) is 74.8 Å². The number of nitrogens with zero attached hydrogens (tertiary/aromatic N) is 3. The van der Waals surface area contributed by atoms with Gasteiger partial charge in [0, 0.05) is 5.56 Å². The first-order valence-corrected chi connectivity index (χ1v) is 13.6. The topological polar surface area (TPSA) is 87.3 Å². The minimum atomic E-state index is -0.494. The summed E-state index contributed by atoms with van der Waals surface area (Å²) in [5, 5.41) is 16.0. The van der Waals surface area contributed by atoms with Crippen molar-refractivity contribution in [2.75, 3.05) is 13.2 Å². The molecule has 2 aliphatic heterocycles. The van der Waals surface area contributed by atoms with Gasteiger partial charge in [0.1, 0.15) is 29.8 Å². The van der Waals surface area contributed by atoms with Gasteiger partial charge in [-0.15, -0.1) is 0 Å². The molecule has 0 aromatic heterocycles. The molecule has 1 amide bonds. The van der Waals surface area contributed by atoms with E-state index in [9.17, 15) is 4.79 Å². The predicted octanol–water partition coefficient (Wildman–Crippen LogP) is 6.76. The summed E-state index contributed by atoms with van der Waals surface area (Å²) in [6.07, 6.45) is 1.62. The highest BCUT2D eigenvalue weighted by molar-refractivity contribution is 8.27. The van der Waals surface area contributed by atoms with E-state index in [2.05, 4.69) is 43.0 Å². The number of amides is 1. The van der Waals surface area contributed by atoms with E-state index in [-0.39, 0.29) is 16.8 Å². The molecule has 0 spiro atoms. The molecule has 0 saturated heterocycles. The summed E-state index contributed by atoms with van der Waals surface area (Å²) in [5.41, 5.74) is 2.92. The number of ether oxygens (including phenoxy) is 2. The molecule has 0 fully saturated rings. The zero-order valence-electron chi connectivity index (χ0n) is 21.8. The van der Waals surface area contributed by atoms with Crippen LogP contribution in [0.4, 0.5) is 0 Å². The number of hydrazone groups is 1. The molecular weight excluding hydrogens is 532 g/mol. The van der Waals surface area contributed by atoms with Crippen LogP contribution >= 0.6 is 23.4 Å². The largest absolute Gasteiger partial charge is 0.490 e. The lowest BCUT2D eigenvalue weighted by Crippen LogP contribution is -2.35. The Balaban J connectivity index is 1.23. The zero-order valence-corrected chi connectivity index (χ0v) is 23.3. The number of aliphatic imine (C=N–C) groups is 1. The predicted molar refractivity (Wildman–Crippen MR) is 158 cm³/mol. The van der Waals surface area contributed by atoms with Crippen LogP contribution in [0.5, 0.6) is 11.5 Å². The fourth-order valence-corrected chi connectivity index (χ4v) is 5.18. The van der Waals surface area contributed by atoms with Gasteiger partial charge < -0.3 is 9.47 Å². The number of carbonyl (C=O) groups is 1. The number of nitrogens with one attached hydrogen (secondary N) is 1. The lowest BCUT2D eigenvalue weighted by Gasteiger charge is -2.20. The van der Waals surface area contributed by atoms with Crippen LogP contribution in [-0.4, -0.2) is 40.2 Å². The Bertz CT molecular complexity index is 1520. The lowest BCUT2D eigenvalue weighted by molar-refractivity contribution is -0.114. The third-order valence-electron chi connectivity index (χ3n) is 6.07. The van der Waals surface area contributed by atoms with E-state index in [1.54, 1.807) is 12.1 Å². The second-order valence-corrected chi connectivity index (χ2v) is 11.3. The summed E-state index contributed by atoms with van der Waals surface area (Å²) in [6, 6.07) is 22.7. The van der Waals surface area contributed by atoms with E-state index in [1.165, 1.54) is 22.3 Å². The van der Waals surface area contributed by atoms with E-state index >= 15 is 0 Å². The van der Waals surface area contributed by atoms with Gasteiger partial charge in [0.15, 0.2) is 5.84 Å². The van der Waals surface area contributed by atoms with Crippen LogP contribution < -0.4 is 9.47 Å². The van der Waals surface area contributed by atoms with Crippen LogP contribution in [0.15, 0.2) is 88.5 Å². The van der Waals surface area contributed by atoms with Gasteiger partial charge in [0.05, 0.1) is 10.6 Å². The van der Waals surface area contributed by atoms with Gasteiger partial charge in [-0.05, 0) is 64.7 Å². The highest BCUT2D eigenvalue weighted by Crippen LogP contribution is 2.33. The van der Waals surface area contributed by atoms with Crippen LogP contribution in [0.2, 0.25) is 5.02 Å². The van der Waals surface area contributed by atoms with Gasteiger partial charge in [0.2, 0.25) is 5.17 Å². The van der Waals surface area contributed by atoms with E-state index in [1.807, 2.05) is 54.6 Å². The highest BCUT2D eigenvalue weighted by atomic mass is 35.5. The number of rotatable bonds is 7. The molecule has 7 nitrogen and oxygen atoms in total. The Morgan fingerprint density at radius 1 is 0.974 bits per heavy atom. The third kappa shape index (κ3) is 6.08. The van der Waals surface area contributed by atoms with Gasteiger partial charge in [-0.25, -0.2) is 0 Å². The number of benzene rings is 3. The second kappa shape index (κ2) is 11.1. The molecule has 3 aromatic rings. The quantitative estimate of drug-likeness (QED) is 0.255. The van der Waals surface area contributed by atoms with Crippen molar-refractivity contribution < 1.29 is 14.3 Å². The third-order valence-corrected chi connectivity index (χ3v) is 7.34. The number of halogens is 1. The maximum absolute atomic E-state index is 12.8. The van der Waals surface area contributed by atoms with E-state index in [4.69, 9.17) is 26.5 Å². The molecular formula is C30H27ClN4O3S. The first-order chi connectivity index (χ1) is 18.7. The zero-order chi connectivity index (χ0) is 27.6. The van der Waals surface area contributed by atoms with Crippen LogP contribution in [-0.2, 0) is 10.2 Å². The summed E-state index contributed by atoms with van der Waals surface area (Å²) >= 11 is 7.52. The van der Waals surface area contributed by atoms with Crippen molar-refractivity contribution in [1.29, 1.82) is 5.41 Å². The SMILES string of the molecule is CC(C)(C)c1ccc(OCCOc2cccc(/C=C3/C(=N)N4N=C(c5ccccc5Cl)SC4=NC3=O)c2)cc1. The number of hydrogen-bond donors (Lipinski definition) is 1. The van der Waals surface area contributed by atoms with Crippen molar-refractivity contribution in [1.82, 2.24) is 5.01 Å². The Kier molecular flexibility index (Phi) is 7.59. The Morgan fingerprint density at radius 2 is 1.69 bits per heavy atom. The molecule has 5 rings (SSSR count). The molecule has 9 heteroatoms. The van der Waals surface area contributed by atoms with Crippen molar-refractivity contribution in [2.24, 2.45) is 10.1 Å². The number of hydrogen-bond acceptors (Lipinski definition) is 6. The van der Waals surface area contributed by atoms with Crippen molar-refractivity contribution >= 4 is 51.4 Å². The monoisotopic (exact) mass is 558 g/mol. The van der Waals surface area contributed by atoms with Crippen molar-refractivity contribution in [3.05, 3.63) is 100 Å². The maximum atomic E-state index is 12.8. The summed E-state index contributed by atoms with van der Waals surface area (Å²) in [7, 11) is 0. The van der Waals surface area contributed by atoms with E-state index < -0.39 is 5.91 Å². The van der Waals surface area contributed by atoms with Gasteiger partial charge in [-0.3, -0.25) is 10.2 Å². The maximum Gasteiger partial charge on any atom is 0.283 e. The molecule has 0 aliphatic carbocycles. The first-order valence-electron chi connectivity index (χ1n) is 12.4. The molecule has 0 radical (unpaired) electrons. The highest BCUT2D eigenvalue weighted by Gasteiger charge is 2.36. The Labute approximate surface area is 236 Å². The van der Waals surface area contributed by atoms with Gasteiger partial charge >= 0.3 is 0 Å².